The van der Waals surface area contributed by atoms with Crippen LogP contribution in [0.4, 0.5) is 21.9 Å². The first kappa shape index (κ1) is 71.6. The van der Waals surface area contributed by atoms with E-state index in [1.807, 2.05) is 45.7 Å². The number of carbonyl (C=O) groups excluding carboxylic acids is 7. The highest BCUT2D eigenvalue weighted by Gasteiger charge is 2.47. The van der Waals surface area contributed by atoms with Gasteiger partial charge in [-0.3, -0.25) is 33.9 Å². The number of benzene rings is 3. The van der Waals surface area contributed by atoms with Crippen molar-refractivity contribution in [2.45, 2.75) is 189 Å². The van der Waals surface area contributed by atoms with Crippen molar-refractivity contribution >= 4 is 72.0 Å². The summed E-state index contributed by atoms with van der Waals surface area (Å²) in [5.74, 6) is 0.401. The summed E-state index contributed by atoms with van der Waals surface area (Å²) < 4.78 is 36.5. The van der Waals surface area contributed by atoms with Crippen LogP contribution in [-0.2, 0) is 35.3 Å². The van der Waals surface area contributed by atoms with Gasteiger partial charge >= 0.3 is 13.5 Å². The third kappa shape index (κ3) is 17.7. The van der Waals surface area contributed by atoms with Crippen molar-refractivity contribution in [2.75, 3.05) is 70.3 Å². The van der Waals surface area contributed by atoms with Gasteiger partial charge in [0.2, 0.25) is 17.7 Å². The third-order valence-electron chi connectivity index (χ3n) is 19.9. The van der Waals surface area contributed by atoms with Crippen molar-refractivity contribution in [3.63, 3.8) is 0 Å². The van der Waals surface area contributed by atoms with Gasteiger partial charge in [-0.15, -0.1) is 0 Å². The van der Waals surface area contributed by atoms with Crippen LogP contribution >= 0.6 is 0 Å². The number of carbonyl (C=O) groups is 7. The average Bonchev–Trinajstić information content (AvgIpc) is 1.67. The predicted octanol–water partition coefficient (Wildman–Crippen LogP) is 11.5. The lowest BCUT2D eigenvalue weighted by Crippen LogP contribution is -2.50. The van der Waals surface area contributed by atoms with Gasteiger partial charge in [-0.1, -0.05) is 110 Å². The summed E-state index contributed by atoms with van der Waals surface area (Å²) in [5.41, 5.74) is 2.24. The number of fused-ring (bicyclic) bond motifs is 4. The van der Waals surface area contributed by atoms with Crippen molar-refractivity contribution in [1.82, 2.24) is 20.0 Å². The van der Waals surface area contributed by atoms with Crippen molar-refractivity contribution in [1.29, 1.82) is 0 Å². The van der Waals surface area contributed by atoms with Gasteiger partial charge < -0.3 is 58.7 Å². The summed E-state index contributed by atoms with van der Waals surface area (Å²) in [6, 6.07) is 12.7. The van der Waals surface area contributed by atoms with Gasteiger partial charge in [-0.2, -0.15) is 0 Å². The van der Waals surface area contributed by atoms with E-state index in [0.29, 0.717) is 60.0 Å². The quantitative estimate of drug-likeness (QED) is 0.0348. The molecular formula is C73H99BN7O14. The summed E-state index contributed by atoms with van der Waals surface area (Å²) in [6.07, 6.45) is 13.1. The number of imide groups is 1. The maximum absolute atomic E-state index is 14.4. The lowest BCUT2D eigenvalue weighted by Gasteiger charge is -2.32. The second-order valence-corrected chi connectivity index (χ2v) is 29.4. The van der Waals surface area contributed by atoms with Crippen molar-refractivity contribution < 1.29 is 67.1 Å². The van der Waals surface area contributed by atoms with E-state index in [0.717, 1.165) is 55.4 Å². The van der Waals surface area contributed by atoms with E-state index in [1.54, 1.807) is 49.6 Å². The molecule has 9 rings (SSSR count). The zero-order valence-corrected chi connectivity index (χ0v) is 57.7. The largest absolute Gasteiger partial charge is 0.493 e. The number of hydrogen-bond acceptors (Lipinski definition) is 16. The van der Waals surface area contributed by atoms with Crippen LogP contribution in [0, 0.1) is 28.1 Å². The molecule has 5 aliphatic heterocycles. The van der Waals surface area contributed by atoms with Gasteiger partial charge in [-0.05, 0) is 119 Å². The second-order valence-electron chi connectivity index (χ2n) is 29.4. The number of aliphatic imine (C=N–C) groups is 1. The Labute approximate surface area is 561 Å². The summed E-state index contributed by atoms with van der Waals surface area (Å²) in [5, 5.41) is 18.0. The molecule has 1 aliphatic carbocycles. The summed E-state index contributed by atoms with van der Waals surface area (Å²) in [6.45, 7) is 23.8. The smallest absolute Gasteiger partial charge is 0.416 e. The number of aliphatic hydroxyl groups excluding tert-OH is 1. The van der Waals surface area contributed by atoms with Crippen molar-refractivity contribution in [2.24, 2.45) is 33.1 Å². The normalized spacial score (nSPS) is 20.7. The zero-order valence-electron chi connectivity index (χ0n) is 57.7. The fourth-order valence-electron chi connectivity index (χ4n) is 13.4. The predicted molar refractivity (Wildman–Crippen MR) is 365 cm³/mol. The topological polar surface area (TPSA) is 244 Å². The molecule has 3 saturated heterocycles. The Morgan fingerprint density at radius 2 is 1.42 bits per heavy atom. The maximum Gasteiger partial charge on any atom is 0.416 e. The first-order chi connectivity index (χ1) is 45.1. The second kappa shape index (κ2) is 30.6. The number of anilines is 2. The van der Waals surface area contributed by atoms with E-state index < -0.39 is 35.3 Å². The molecule has 5 heterocycles. The Kier molecular flexibility index (Phi) is 23.0. The minimum atomic E-state index is -1.50. The molecule has 513 valence electrons. The molecule has 21 nitrogen and oxygen atoms in total. The number of likely N-dealkylation sites (tertiary alicyclic amines) is 1. The Morgan fingerprint density at radius 3 is 2.12 bits per heavy atom. The number of amides is 6. The average molecular weight is 1310 g/mol. The van der Waals surface area contributed by atoms with Gasteiger partial charge in [0.25, 0.3) is 11.8 Å². The van der Waals surface area contributed by atoms with Crippen LogP contribution in [0.3, 0.4) is 0 Å². The number of hydrogen-bond donors (Lipinski definition) is 3. The van der Waals surface area contributed by atoms with Crippen molar-refractivity contribution in [3.8, 4) is 23.0 Å². The highest BCUT2D eigenvalue weighted by molar-refractivity contribution is 6.77. The zero-order chi connectivity index (χ0) is 68.6. The van der Waals surface area contributed by atoms with Crippen LogP contribution in [0.2, 0.25) is 0 Å². The molecule has 0 aromatic heterocycles. The van der Waals surface area contributed by atoms with Crippen LogP contribution < -0.4 is 34.4 Å². The van der Waals surface area contributed by atoms with Gasteiger partial charge in [0.1, 0.15) is 12.3 Å². The molecule has 6 aliphatic rings. The molecule has 6 amide bonds. The fourth-order valence-corrected chi connectivity index (χ4v) is 13.4. The monoisotopic (exact) mass is 1310 g/mol. The third-order valence-corrected chi connectivity index (χ3v) is 19.9. The number of aliphatic hydroxyl groups is 1. The first-order valence-corrected chi connectivity index (χ1v) is 33.9. The van der Waals surface area contributed by atoms with Crippen LogP contribution in [0.15, 0.2) is 77.3 Å². The number of rotatable bonds is 28. The standard InChI is InChI=1S/C73H99BN7O14/c1-13-47-34-51-40-75-55-38-60(58(90-11)35-53(55)65(85)79(51)42-47)94-45-71(5,6)27-26-70(3,4)28-31-92-61-39-56-54(36-59(61)91-12)66(86)80-41-46(2)33-57(80)67(87)81(56)69(89)93-43-48-21-23-50(24-22-48)77-74-68(88)72(7,8)29-32-95-73(9,10)44-76-62(82)25-30-78-63(83)37-52(64(78)84)49-19-17-15-14-16-18-20-49/h13,21-24,35-36,38-40,49,51-52,57,67,77,87H,2,14-20,25-34,37,41-45H2,1,3-12H3,(H,76,82)/b47-13+/t51-,52?,57-,67-/m0/s1. The lowest BCUT2D eigenvalue weighted by molar-refractivity contribution is -0.140. The molecular weight excluding hydrogens is 1210 g/mol. The van der Waals surface area contributed by atoms with Crippen molar-refractivity contribution in [3.05, 3.63) is 89.0 Å². The Morgan fingerprint density at radius 1 is 0.758 bits per heavy atom. The molecule has 3 N–H and O–H groups in total. The molecule has 1 saturated carbocycles. The molecule has 3 aromatic carbocycles. The Bertz CT molecular complexity index is 3410. The maximum atomic E-state index is 14.4. The molecule has 1 radical (unpaired) electrons. The molecule has 4 atom stereocenters. The number of nitrogens with one attached hydrogen (secondary N) is 2. The van der Waals surface area contributed by atoms with Crippen LogP contribution in [0.5, 0.6) is 23.0 Å². The molecule has 95 heavy (non-hydrogen) atoms. The number of methoxy groups -OCH3 is 2. The molecule has 0 spiro atoms. The minimum Gasteiger partial charge on any atom is -0.493 e. The summed E-state index contributed by atoms with van der Waals surface area (Å²) in [4.78, 5) is 106. The van der Waals surface area contributed by atoms with Crippen LogP contribution in [0.1, 0.15) is 185 Å². The Balaban J connectivity index is 0.738. The fraction of sp³-hybridized carbons (Fsp3) is 0.589. The number of nitrogens with zero attached hydrogens (tertiary/aromatic N) is 5. The van der Waals surface area contributed by atoms with Crippen LogP contribution in [0.25, 0.3) is 0 Å². The van der Waals surface area contributed by atoms with E-state index in [2.05, 4.69) is 50.9 Å². The van der Waals surface area contributed by atoms with Gasteiger partial charge in [0, 0.05) is 75.1 Å². The van der Waals surface area contributed by atoms with Gasteiger partial charge in [-0.25, -0.2) is 9.69 Å². The Hall–Kier alpha value is -7.72. The molecule has 0 bridgehead atoms. The SMILES string of the molecule is C=C1C[C@H]2[C@H](O)N(C(=O)OCc3ccc(N[B]C(=O)C(C)(C)CCOC(C)(C)CNC(=O)CCN4C(=O)CC(C5CCCCCCC5)C4=O)cc3)c3cc(OCCC(C)(C)CCC(C)(C)COc4cc5c(cc4OC)C(=O)N4C/C(=C/C)C[C@H]4C=N5)c(OC)cc3C(=O)N2C1. The lowest BCUT2D eigenvalue weighted by atomic mass is 9.69. The summed E-state index contributed by atoms with van der Waals surface area (Å²) in [7, 11) is 4.45. The van der Waals surface area contributed by atoms with Crippen LogP contribution in [-0.4, -0.2) is 159 Å². The molecule has 4 fully saturated rings. The highest BCUT2D eigenvalue weighted by atomic mass is 16.6. The minimum absolute atomic E-state index is 0.0135. The van der Waals surface area contributed by atoms with E-state index in [-0.39, 0.29) is 139 Å². The first-order valence-electron chi connectivity index (χ1n) is 33.9. The molecule has 22 heteroatoms. The van der Waals surface area contributed by atoms with E-state index in [9.17, 15) is 38.7 Å². The molecule has 1 unspecified atom stereocenters. The highest BCUT2D eigenvalue weighted by Crippen LogP contribution is 2.45. The molecule has 3 aromatic rings. The van der Waals surface area contributed by atoms with E-state index >= 15 is 0 Å². The number of ether oxygens (including phenoxy) is 6. The number of allylic oxidation sites excluding steroid dienone is 1. The van der Waals surface area contributed by atoms with E-state index in [1.165, 1.54) is 55.2 Å². The summed E-state index contributed by atoms with van der Waals surface area (Å²) >= 11 is 0. The van der Waals surface area contributed by atoms with Gasteiger partial charge in [0.05, 0.1) is 73.5 Å². The van der Waals surface area contributed by atoms with E-state index in [4.69, 9.17) is 33.4 Å². The van der Waals surface area contributed by atoms with Gasteiger partial charge in [0.15, 0.2) is 29.2 Å².